The van der Waals surface area contributed by atoms with E-state index in [9.17, 15) is 0 Å². The standard InChI is InChI=1S/C17H25N5O4/c1-23-13-3-5-14(6-4-13)25-9-2-10-26-22-16(19)20-15(18)21-17(22)7-11-24-12-8-17/h3-6H,2,7-12H2,1H3,(H4,18,19,20,21). The van der Waals surface area contributed by atoms with Crippen LogP contribution >= 0.6 is 0 Å². The first kappa shape index (κ1) is 18.3. The highest BCUT2D eigenvalue weighted by Crippen LogP contribution is 2.31. The summed E-state index contributed by atoms with van der Waals surface area (Å²) in [7, 11) is 1.63. The highest BCUT2D eigenvalue weighted by molar-refractivity contribution is 5.95. The van der Waals surface area contributed by atoms with Crippen molar-refractivity contribution < 1.29 is 19.0 Å². The number of aliphatic imine (C=N–C) groups is 2. The molecule has 0 unspecified atom stereocenters. The molecule has 2 heterocycles. The molecule has 0 atom stereocenters. The Morgan fingerprint density at radius 3 is 2.50 bits per heavy atom. The van der Waals surface area contributed by atoms with E-state index < -0.39 is 5.66 Å². The van der Waals surface area contributed by atoms with Crippen LogP contribution in [-0.4, -0.2) is 56.2 Å². The van der Waals surface area contributed by atoms with Gasteiger partial charge in [0.25, 0.3) is 0 Å². The van der Waals surface area contributed by atoms with Gasteiger partial charge in [0.05, 0.1) is 33.5 Å². The maximum Gasteiger partial charge on any atom is 0.226 e. The van der Waals surface area contributed by atoms with Crippen LogP contribution in [0, 0.1) is 0 Å². The number of benzene rings is 1. The number of nitrogens with zero attached hydrogens (tertiary/aromatic N) is 3. The number of hydrogen-bond acceptors (Lipinski definition) is 9. The Bertz CT molecular complexity index is 656. The third-order valence-corrected chi connectivity index (χ3v) is 4.27. The second kappa shape index (κ2) is 8.24. The van der Waals surface area contributed by atoms with Gasteiger partial charge >= 0.3 is 0 Å². The van der Waals surface area contributed by atoms with Crippen molar-refractivity contribution in [3.8, 4) is 11.5 Å². The van der Waals surface area contributed by atoms with Gasteiger partial charge in [-0.15, -0.1) is 0 Å². The van der Waals surface area contributed by atoms with Crippen LogP contribution in [0.3, 0.4) is 0 Å². The molecular weight excluding hydrogens is 338 g/mol. The largest absolute Gasteiger partial charge is 0.497 e. The minimum absolute atomic E-state index is 0.173. The molecule has 3 rings (SSSR count). The highest BCUT2D eigenvalue weighted by atomic mass is 16.7. The van der Waals surface area contributed by atoms with E-state index in [1.54, 1.807) is 12.2 Å². The average Bonchev–Trinajstić information content (AvgIpc) is 2.64. The Labute approximate surface area is 152 Å². The summed E-state index contributed by atoms with van der Waals surface area (Å²) in [4.78, 5) is 14.4. The van der Waals surface area contributed by atoms with Gasteiger partial charge in [0.15, 0.2) is 5.66 Å². The van der Waals surface area contributed by atoms with Crippen LogP contribution in [0.15, 0.2) is 34.3 Å². The molecule has 1 saturated heterocycles. The molecule has 0 aromatic heterocycles. The van der Waals surface area contributed by atoms with E-state index >= 15 is 0 Å². The molecule has 142 valence electrons. The van der Waals surface area contributed by atoms with Crippen LogP contribution in [0.2, 0.25) is 0 Å². The lowest BCUT2D eigenvalue weighted by Gasteiger charge is -2.43. The molecule has 1 aromatic carbocycles. The molecule has 1 fully saturated rings. The van der Waals surface area contributed by atoms with Crippen LogP contribution in [-0.2, 0) is 9.57 Å². The Morgan fingerprint density at radius 2 is 1.81 bits per heavy atom. The monoisotopic (exact) mass is 363 g/mol. The molecule has 4 N–H and O–H groups in total. The molecule has 0 saturated carbocycles. The smallest absolute Gasteiger partial charge is 0.226 e. The summed E-state index contributed by atoms with van der Waals surface area (Å²) in [5, 5.41) is 1.57. The van der Waals surface area contributed by atoms with Crippen molar-refractivity contribution in [2.24, 2.45) is 21.5 Å². The first-order chi connectivity index (χ1) is 12.6. The zero-order valence-corrected chi connectivity index (χ0v) is 14.9. The number of rotatable bonds is 7. The number of methoxy groups -OCH3 is 1. The molecule has 1 spiro atoms. The summed E-state index contributed by atoms with van der Waals surface area (Å²) in [6.45, 7) is 2.08. The zero-order valence-electron chi connectivity index (χ0n) is 14.9. The first-order valence-electron chi connectivity index (χ1n) is 8.60. The van der Waals surface area contributed by atoms with Crippen molar-refractivity contribution in [2.45, 2.75) is 24.9 Å². The number of nitrogens with two attached hydrogens (primary N) is 2. The molecule has 9 nitrogen and oxygen atoms in total. The molecule has 0 aliphatic carbocycles. The van der Waals surface area contributed by atoms with Gasteiger partial charge in [0.2, 0.25) is 11.9 Å². The fraction of sp³-hybridized carbons (Fsp3) is 0.529. The molecule has 1 aromatic rings. The summed E-state index contributed by atoms with van der Waals surface area (Å²) in [6.07, 6.45) is 1.97. The SMILES string of the molecule is COc1ccc(OCCCON2C(N)=NC(N)=NC23CCOCC3)cc1. The second-order valence-electron chi connectivity index (χ2n) is 6.04. The molecule has 26 heavy (non-hydrogen) atoms. The minimum atomic E-state index is -0.634. The van der Waals surface area contributed by atoms with Gasteiger partial charge in [-0.2, -0.15) is 10.1 Å². The molecule has 2 aliphatic heterocycles. The summed E-state index contributed by atoms with van der Waals surface area (Å²) in [5.41, 5.74) is 11.2. The van der Waals surface area contributed by atoms with Crippen molar-refractivity contribution in [1.82, 2.24) is 5.06 Å². The van der Waals surface area contributed by atoms with E-state index in [0.717, 1.165) is 11.5 Å². The van der Waals surface area contributed by atoms with Gasteiger partial charge in [-0.1, -0.05) is 0 Å². The lowest BCUT2D eigenvalue weighted by molar-refractivity contribution is -0.190. The summed E-state index contributed by atoms with van der Waals surface area (Å²) >= 11 is 0. The van der Waals surface area contributed by atoms with Crippen LogP contribution < -0.4 is 20.9 Å². The Hall–Kier alpha value is -2.52. The lowest BCUT2D eigenvalue weighted by Crippen LogP contribution is -2.59. The van der Waals surface area contributed by atoms with Crippen LogP contribution in [0.1, 0.15) is 19.3 Å². The third-order valence-electron chi connectivity index (χ3n) is 4.27. The Balaban J connectivity index is 1.49. The molecule has 2 aliphatic rings. The molecule has 0 radical (unpaired) electrons. The summed E-state index contributed by atoms with van der Waals surface area (Å²) < 4.78 is 16.2. The predicted molar refractivity (Wildman–Crippen MR) is 96.9 cm³/mol. The topological polar surface area (TPSA) is 117 Å². The Morgan fingerprint density at radius 1 is 1.12 bits per heavy atom. The molecule has 0 bridgehead atoms. The van der Waals surface area contributed by atoms with E-state index in [-0.39, 0.29) is 11.9 Å². The quantitative estimate of drug-likeness (QED) is 0.690. The van der Waals surface area contributed by atoms with Crippen molar-refractivity contribution in [3.05, 3.63) is 24.3 Å². The van der Waals surface area contributed by atoms with Crippen molar-refractivity contribution >= 4 is 11.9 Å². The second-order valence-corrected chi connectivity index (χ2v) is 6.04. The van der Waals surface area contributed by atoms with Gasteiger partial charge in [-0.3, -0.25) is 4.84 Å². The van der Waals surface area contributed by atoms with Crippen LogP contribution in [0.5, 0.6) is 11.5 Å². The fourth-order valence-electron chi connectivity index (χ4n) is 2.94. The van der Waals surface area contributed by atoms with E-state index in [2.05, 4.69) is 9.98 Å². The predicted octanol–water partition coefficient (Wildman–Crippen LogP) is 0.847. The summed E-state index contributed by atoms with van der Waals surface area (Å²) in [6, 6.07) is 7.44. The van der Waals surface area contributed by atoms with Gasteiger partial charge in [-0.25, -0.2) is 4.99 Å². The first-order valence-corrected chi connectivity index (χ1v) is 8.60. The number of hydroxylamine groups is 2. The normalized spacial score (nSPS) is 19.0. The molecular formula is C17H25N5O4. The maximum absolute atomic E-state index is 6.01. The van der Waals surface area contributed by atoms with Crippen LogP contribution in [0.25, 0.3) is 0 Å². The van der Waals surface area contributed by atoms with E-state index in [1.165, 1.54) is 0 Å². The average molecular weight is 363 g/mol. The van der Waals surface area contributed by atoms with Crippen LogP contribution in [0.4, 0.5) is 0 Å². The Kier molecular flexibility index (Phi) is 5.79. The maximum atomic E-state index is 6.01. The molecule has 0 amide bonds. The number of ether oxygens (including phenoxy) is 3. The zero-order chi connectivity index (χ0) is 18.4. The van der Waals surface area contributed by atoms with Crippen molar-refractivity contribution in [1.29, 1.82) is 0 Å². The number of guanidine groups is 2. The fourth-order valence-corrected chi connectivity index (χ4v) is 2.94. The summed E-state index contributed by atoms with van der Waals surface area (Å²) in [5.74, 6) is 1.97. The van der Waals surface area contributed by atoms with Gasteiger partial charge < -0.3 is 25.7 Å². The van der Waals surface area contributed by atoms with E-state index in [4.69, 9.17) is 30.5 Å². The highest BCUT2D eigenvalue weighted by Gasteiger charge is 2.43. The van der Waals surface area contributed by atoms with Crippen molar-refractivity contribution in [3.63, 3.8) is 0 Å². The minimum Gasteiger partial charge on any atom is -0.497 e. The van der Waals surface area contributed by atoms with E-state index in [0.29, 0.717) is 45.7 Å². The van der Waals surface area contributed by atoms with Crippen molar-refractivity contribution in [2.75, 3.05) is 33.5 Å². The molecule has 9 heteroatoms. The third kappa shape index (κ3) is 4.17. The van der Waals surface area contributed by atoms with Gasteiger partial charge in [-0.05, 0) is 24.3 Å². The van der Waals surface area contributed by atoms with E-state index in [1.807, 2.05) is 24.3 Å². The number of hydrogen-bond donors (Lipinski definition) is 2. The van der Waals surface area contributed by atoms with Gasteiger partial charge in [0.1, 0.15) is 11.5 Å². The van der Waals surface area contributed by atoms with Gasteiger partial charge in [0, 0.05) is 19.3 Å². The lowest BCUT2D eigenvalue weighted by atomic mass is 10.0.